The molecule has 0 bridgehead atoms. The van der Waals surface area contributed by atoms with E-state index >= 15 is 0 Å². The predicted octanol–water partition coefficient (Wildman–Crippen LogP) is 3.86. The van der Waals surface area contributed by atoms with Gasteiger partial charge in [-0.2, -0.15) is 0 Å². The number of hydrogen-bond acceptors (Lipinski definition) is 5. The maximum atomic E-state index is 12.9. The highest BCUT2D eigenvalue weighted by Gasteiger charge is 2.28. The fourth-order valence-corrected chi connectivity index (χ4v) is 4.57. The van der Waals surface area contributed by atoms with Crippen LogP contribution in [-0.2, 0) is 11.2 Å². The molecule has 1 atom stereocenters. The van der Waals surface area contributed by atoms with Crippen molar-refractivity contribution >= 4 is 5.91 Å². The molecule has 0 N–H and O–H groups in total. The van der Waals surface area contributed by atoms with Gasteiger partial charge in [-0.1, -0.05) is 25.0 Å². The number of carbonyl (C=O) groups excluding carboxylic acids is 1. The molecule has 30 heavy (non-hydrogen) atoms. The molecule has 2 saturated heterocycles. The van der Waals surface area contributed by atoms with Gasteiger partial charge in [-0.05, 0) is 56.5 Å². The van der Waals surface area contributed by atoms with Crippen molar-refractivity contribution in [1.82, 2.24) is 14.8 Å². The fourth-order valence-electron chi connectivity index (χ4n) is 4.57. The second-order valence-electron chi connectivity index (χ2n) is 8.56. The predicted molar refractivity (Wildman–Crippen MR) is 116 cm³/mol. The summed E-state index contributed by atoms with van der Waals surface area (Å²) in [4.78, 5) is 21.8. The van der Waals surface area contributed by atoms with E-state index in [0.717, 1.165) is 55.4 Å². The third-order valence-electron chi connectivity index (χ3n) is 6.26. The van der Waals surface area contributed by atoms with Gasteiger partial charge in [-0.15, -0.1) is 0 Å². The van der Waals surface area contributed by atoms with Crippen molar-refractivity contribution in [3.8, 4) is 5.75 Å². The van der Waals surface area contributed by atoms with Gasteiger partial charge in [0, 0.05) is 19.5 Å². The fraction of sp³-hybridized carbons (Fsp3) is 0.583. The van der Waals surface area contributed by atoms with E-state index in [4.69, 9.17) is 9.15 Å². The highest BCUT2D eigenvalue weighted by Crippen LogP contribution is 2.28. The van der Waals surface area contributed by atoms with Gasteiger partial charge in [-0.25, -0.2) is 4.98 Å². The van der Waals surface area contributed by atoms with E-state index in [-0.39, 0.29) is 11.8 Å². The first-order valence-electron chi connectivity index (χ1n) is 11.3. The molecule has 0 saturated carbocycles. The molecule has 2 aliphatic heterocycles. The topological polar surface area (TPSA) is 58.8 Å². The van der Waals surface area contributed by atoms with Crippen molar-refractivity contribution in [3.63, 3.8) is 0 Å². The van der Waals surface area contributed by atoms with Crippen LogP contribution < -0.4 is 4.74 Å². The van der Waals surface area contributed by atoms with Crippen LogP contribution >= 0.6 is 0 Å². The first kappa shape index (κ1) is 20.9. The number of carbonyl (C=O) groups is 1. The third-order valence-corrected chi connectivity index (χ3v) is 6.26. The number of ether oxygens (including phenoxy) is 1. The van der Waals surface area contributed by atoms with E-state index in [9.17, 15) is 4.79 Å². The van der Waals surface area contributed by atoms with E-state index in [1.807, 2.05) is 29.3 Å². The van der Waals surface area contributed by atoms with Gasteiger partial charge in [-0.3, -0.25) is 9.69 Å². The Morgan fingerprint density at radius 1 is 1.17 bits per heavy atom. The van der Waals surface area contributed by atoms with Crippen LogP contribution in [0.2, 0.25) is 0 Å². The quantitative estimate of drug-likeness (QED) is 0.723. The van der Waals surface area contributed by atoms with Crippen LogP contribution in [0, 0.1) is 0 Å². The number of nitrogens with zero attached hydrogens (tertiary/aromatic N) is 3. The SMILES string of the molecule is COc1cccc(Cc2cnc(C3CCCN(C(=O)CN4CCCCCC4)C3)o2)c1. The molecule has 6 nitrogen and oxygen atoms in total. The molecule has 1 unspecified atom stereocenters. The van der Waals surface area contributed by atoms with Crippen molar-refractivity contribution < 1.29 is 13.9 Å². The largest absolute Gasteiger partial charge is 0.497 e. The molecule has 4 rings (SSSR count). The number of amides is 1. The second kappa shape index (κ2) is 10.1. The Morgan fingerprint density at radius 3 is 2.80 bits per heavy atom. The van der Waals surface area contributed by atoms with Crippen molar-refractivity contribution in [2.24, 2.45) is 0 Å². The Balaban J connectivity index is 1.34. The van der Waals surface area contributed by atoms with Crippen molar-refractivity contribution in [2.45, 2.75) is 50.9 Å². The lowest BCUT2D eigenvalue weighted by atomic mass is 9.98. The molecule has 2 aromatic rings. The van der Waals surface area contributed by atoms with E-state index < -0.39 is 0 Å². The number of oxazole rings is 1. The first-order chi connectivity index (χ1) is 14.7. The van der Waals surface area contributed by atoms with Crippen molar-refractivity contribution in [1.29, 1.82) is 0 Å². The summed E-state index contributed by atoms with van der Waals surface area (Å²) in [7, 11) is 1.68. The number of aromatic nitrogens is 1. The summed E-state index contributed by atoms with van der Waals surface area (Å²) in [5.41, 5.74) is 1.13. The lowest BCUT2D eigenvalue weighted by Gasteiger charge is -2.33. The molecule has 0 spiro atoms. The monoisotopic (exact) mass is 411 g/mol. The molecular formula is C24H33N3O3. The summed E-state index contributed by atoms with van der Waals surface area (Å²) in [6.45, 7) is 4.22. The maximum absolute atomic E-state index is 12.9. The highest BCUT2D eigenvalue weighted by molar-refractivity contribution is 5.78. The van der Waals surface area contributed by atoms with Crippen LogP contribution in [0.4, 0.5) is 0 Å². The minimum atomic E-state index is 0.186. The summed E-state index contributed by atoms with van der Waals surface area (Å²) in [6.07, 6.45) is 9.54. The molecule has 1 amide bonds. The van der Waals surface area contributed by atoms with E-state index in [2.05, 4.69) is 16.0 Å². The van der Waals surface area contributed by atoms with Crippen molar-refractivity contribution in [2.75, 3.05) is 39.8 Å². The zero-order valence-electron chi connectivity index (χ0n) is 18.0. The van der Waals surface area contributed by atoms with Gasteiger partial charge in [0.1, 0.15) is 11.5 Å². The molecule has 162 valence electrons. The second-order valence-corrected chi connectivity index (χ2v) is 8.56. The lowest BCUT2D eigenvalue weighted by Crippen LogP contribution is -2.44. The number of rotatable bonds is 6. The number of methoxy groups -OCH3 is 1. The van der Waals surface area contributed by atoms with Gasteiger partial charge in [0.25, 0.3) is 0 Å². The van der Waals surface area contributed by atoms with Gasteiger partial charge < -0.3 is 14.1 Å². The molecular weight excluding hydrogens is 378 g/mol. The third kappa shape index (κ3) is 5.42. The van der Waals surface area contributed by atoms with Crippen LogP contribution in [0.25, 0.3) is 0 Å². The van der Waals surface area contributed by atoms with Crippen LogP contribution in [0.15, 0.2) is 34.9 Å². The summed E-state index contributed by atoms with van der Waals surface area (Å²) in [5.74, 6) is 2.90. The molecule has 1 aromatic heterocycles. The molecule has 2 fully saturated rings. The zero-order valence-corrected chi connectivity index (χ0v) is 18.0. The normalized spacial score (nSPS) is 20.7. The van der Waals surface area contributed by atoms with Crippen molar-refractivity contribution in [3.05, 3.63) is 47.7 Å². The van der Waals surface area contributed by atoms with Gasteiger partial charge in [0.15, 0.2) is 5.89 Å². The van der Waals surface area contributed by atoms with E-state index in [0.29, 0.717) is 19.5 Å². The van der Waals surface area contributed by atoms with E-state index in [1.165, 1.54) is 25.7 Å². The summed E-state index contributed by atoms with van der Waals surface area (Å²) in [5, 5.41) is 0. The molecule has 3 heterocycles. The van der Waals surface area contributed by atoms with Crippen LogP contribution in [0.1, 0.15) is 61.7 Å². The van der Waals surface area contributed by atoms with Gasteiger partial charge >= 0.3 is 0 Å². The Labute approximate surface area is 179 Å². The van der Waals surface area contributed by atoms with Gasteiger partial charge in [0.2, 0.25) is 5.91 Å². The minimum absolute atomic E-state index is 0.186. The highest BCUT2D eigenvalue weighted by atomic mass is 16.5. The zero-order chi connectivity index (χ0) is 20.8. The average Bonchev–Trinajstić information content (AvgIpc) is 3.09. The molecule has 2 aliphatic rings. The Kier molecular flexibility index (Phi) is 7.05. The summed E-state index contributed by atoms with van der Waals surface area (Å²) >= 11 is 0. The van der Waals surface area contributed by atoms with Crippen LogP contribution in [-0.4, -0.2) is 60.5 Å². The Hall–Kier alpha value is -2.34. The van der Waals surface area contributed by atoms with E-state index in [1.54, 1.807) is 7.11 Å². The molecule has 1 aromatic carbocycles. The summed E-state index contributed by atoms with van der Waals surface area (Å²) in [6, 6.07) is 8.01. The summed E-state index contributed by atoms with van der Waals surface area (Å²) < 4.78 is 11.4. The Bertz CT molecular complexity index is 827. The van der Waals surface area contributed by atoms with Gasteiger partial charge in [0.05, 0.1) is 25.8 Å². The number of likely N-dealkylation sites (tertiary alicyclic amines) is 2. The van der Waals surface area contributed by atoms with Crippen LogP contribution in [0.3, 0.4) is 0 Å². The first-order valence-corrected chi connectivity index (χ1v) is 11.3. The molecule has 0 radical (unpaired) electrons. The van der Waals surface area contributed by atoms with Crippen LogP contribution in [0.5, 0.6) is 5.75 Å². The number of benzene rings is 1. The number of piperidine rings is 1. The molecule has 0 aliphatic carbocycles. The standard InChI is InChI=1S/C24H33N3O3/c1-29-21-10-6-8-19(14-21)15-22-16-25-24(30-22)20-9-7-13-27(17-20)23(28)18-26-11-4-2-3-5-12-26/h6,8,10,14,16,20H,2-5,7,9,11-13,15,17-18H2,1H3. The Morgan fingerprint density at radius 2 is 2.00 bits per heavy atom. The number of hydrogen-bond donors (Lipinski definition) is 0. The smallest absolute Gasteiger partial charge is 0.236 e. The molecule has 6 heteroatoms. The lowest BCUT2D eigenvalue weighted by molar-refractivity contribution is -0.133. The average molecular weight is 412 g/mol. The minimum Gasteiger partial charge on any atom is -0.497 e. The maximum Gasteiger partial charge on any atom is 0.236 e.